The first-order valence-electron chi connectivity index (χ1n) is 4.05. The molecule has 4 nitrogen and oxygen atoms in total. The van der Waals surface area contributed by atoms with Crippen molar-refractivity contribution in [1.82, 2.24) is 0 Å². The third-order valence-corrected chi connectivity index (χ3v) is 2.11. The van der Waals surface area contributed by atoms with Gasteiger partial charge >= 0.3 is 12.2 Å². The average molecular weight is 314 g/mol. The Bertz CT molecular complexity index is 445. The second kappa shape index (κ2) is 4.80. The van der Waals surface area contributed by atoms with Crippen LogP contribution in [0.4, 0.5) is 17.6 Å². The fraction of sp³-hybridized carbons (Fsp3) is 0.250. The van der Waals surface area contributed by atoms with Crippen molar-refractivity contribution in [3.8, 4) is 5.75 Å². The summed E-state index contributed by atoms with van der Waals surface area (Å²) in [5, 5.41) is 1.70. The van der Waals surface area contributed by atoms with Crippen LogP contribution < -0.4 is 4.74 Å². The molecule has 0 aliphatic carbocycles. The van der Waals surface area contributed by atoms with Crippen molar-refractivity contribution < 1.29 is 22.3 Å². The maximum absolute atomic E-state index is 12.9. The Balaban J connectivity index is 2.93. The molecule has 0 aromatic heterocycles. The van der Waals surface area contributed by atoms with Gasteiger partial charge in [0.15, 0.2) is 0 Å². The van der Waals surface area contributed by atoms with Crippen molar-refractivity contribution in [2.75, 3.05) is 0 Å². The van der Waals surface area contributed by atoms with Gasteiger partial charge in [-0.3, -0.25) is 0 Å². The van der Waals surface area contributed by atoms with Gasteiger partial charge in [-0.05, 0) is 34.9 Å². The van der Waals surface area contributed by atoms with Gasteiger partial charge in [0.25, 0.3) is 0 Å². The van der Waals surface area contributed by atoms with Gasteiger partial charge in [-0.25, -0.2) is 0 Å². The first-order chi connectivity index (χ1) is 7.78. The van der Waals surface area contributed by atoms with E-state index in [1.807, 2.05) is 0 Å². The van der Waals surface area contributed by atoms with Crippen LogP contribution in [0.5, 0.6) is 5.75 Å². The highest BCUT2D eigenvalue weighted by Gasteiger charge is 2.59. The van der Waals surface area contributed by atoms with Crippen LogP contribution in [0.3, 0.4) is 0 Å². The Kier molecular flexibility index (Phi) is 3.84. The molecule has 0 amide bonds. The van der Waals surface area contributed by atoms with Gasteiger partial charge in [-0.2, -0.15) is 17.6 Å². The molecule has 0 spiro atoms. The predicted octanol–water partition coefficient (Wildman–Crippen LogP) is 4.32. The lowest BCUT2D eigenvalue weighted by Gasteiger charge is -2.22. The van der Waals surface area contributed by atoms with Gasteiger partial charge in [0, 0.05) is 9.38 Å². The molecule has 0 atom stereocenters. The zero-order valence-electron chi connectivity index (χ0n) is 7.95. The Morgan fingerprint density at radius 2 is 1.71 bits per heavy atom. The van der Waals surface area contributed by atoms with E-state index in [2.05, 4.69) is 20.7 Å². The molecule has 92 valence electrons. The van der Waals surface area contributed by atoms with Crippen molar-refractivity contribution in [3.63, 3.8) is 0 Å². The minimum Gasteiger partial charge on any atom is -0.428 e. The Hall–Kier alpha value is -1.47. The highest BCUT2D eigenvalue weighted by molar-refractivity contribution is 9.10. The number of azide groups is 1. The van der Waals surface area contributed by atoms with Gasteiger partial charge < -0.3 is 4.74 Å². The number of benzene rings is 1. The SMILES string of the molecule is [N-]=[N+]=NC(F)(F)C(F)(F)Oc1ccc(Br)cc1. The smallest absolute Gasteiger partial charge is 0.428 e. The molecule has 0 radical (unpaired) electrons. The van der Waals surface area contributed by atoms with Crippen LogP contribution in [-0.4, -0.2) is 12.2 Å². The van der Waals surface area contributed by atoms with Crippen LogP contribution in [0, 0.1) is 0 Å². The third kappa shape index (κ3) is 3.24. The molecule has 0 saturated heterocycles. The molecule has 0 aliphatic heterocycles. The van der Waals surface area contributed by atoms with Crippen molar-refractivity contribution in [3.05, 3.63) is 39.2 Å². The van der Waals surface area contributed by atoms with Crippen molar-refractivity contribution in [1.29, 1.82) is 0 Å². The van der Waals surface area contributed by atoms with Crippen LogP contribution in [0.2, 0.25) is 0 Å². The van der Waals surface area contributed by atoms with Crippen LogP contribution in [0.25, 0.3) is 10.4 Å². The summed E-state index contributed by atoms with van der Waals surface area (Å²) in [6.45, 7) is 0. The number of hydrogen-bond donors (Lipinski definition) is 0. The third-order valence-electron chi connectivity index (χ3n) is 1.58. The lowest BCUT2D eigenvalue weighted by Crippen LogP contribution is -2.43. The molecule has 1 aromatic carbocycles. The highest BCUT2D eigenvalue weighted by Crippen LogP contribution is 2.37. The Morgan fingerprint density at radius 3 is 2.18 bits per heavy atom. The van der Waals surface area contributed by atoms with E-state index >= 15 is 0 Å². The summed E-state index contributed by atoms with van der Waals surface area (Å²) in [4.78, 5) is 1.64. The number of alkyl halides is 4. The van der Waals surface area contributed by atoms with E-state index in [-0.39, 0.29) is 0 Å². The highest BCUT2D eigenvalue weighted by atomic mass is 79.9. The second-order valence-corrected chi connectivity index (χ2v) is 3.72. The lowest BCUT2D eigenvalue weighted by atomic mass is 10.3. The van der Waals surface area contributed by atoms with Crippen molar-refractivity contribution in [2.45, 2.75) is 12.2 Å². The summed E-state index contributed by atoms with van der Waals surface area (Å²) in [5.74, 6) is -0.481. The number of rotatable bonds is 4. The molecule has 0 N–H and O–H groups in total. The van der Waals surface area contributed by atoms with Crippen LogP contribution in [0.1, 0.15) is 0 Å². The fourth-order valence-electron chi connectivity index (χ4n) is 0.826. The largest absolute Gasteiger partial charge is 0.470 e. The monoisotopic (exact) mass is 313 g/mol. The maximum atomic E-state index is 12.9. The molecule has 0 unspecified atom stereocenters. The minimum absolute atomic E-state index is 0.481. The van der Waals surface area contributed by atoms with Gasteiger partial charge in [0.2, 0.25) is 0 Å². The lowest BCUT2D eigenvalue weighted by molar-refractivity contribution is -0.306. The molecule has 17 heavy (non-hydrogen) atoms. The Labute approximate surface area is 101 Å². The quantitative estimate of drug-likeness (QED) is 0.268. The summed E-state index contributed by atoms with van der Waals surface area (Å²) < 4.78 is 55.5. The summed E-state index contributed by atoms with van der Waals surface area (Å²) in [6.07, 6.45) is -4.92. The zero-order valence-corrected chi connectivity index (χ0v) is 9.54. The summed E-state index contributed by atoms with van der Waals surface area (Å²) in [7, 11) is 0. The standard InChI is InChI=1S/C8H4BrF4N3O/c9-5-1-3-6(4-2-5)17-8(12,13)7(10,11)15-16-14/h1-4H. The number of halogens is 5. The van der Waals surface area contributed by atoms with Gasteiger partial charge in [0.05, 0.1) is 0 Å². The zero-order chi connectivity index (χ0) is 13.1. The fourth-order valence-corrected chi connectivity index (χ4v) is 1.09. The van der Waals surface area contributed by atoms with Gasteiger partial charge in [-0.1, -0.05) is 15.9 Å². The van der Waals surface area contributed by atoms with Gasteiger partial charge in [-0.15, -0.1) is 0 Å². The molecule has 9 heteroatoms. The van der Waals surface area contributed by atoms with Crippen molar-refractivity contribution >= 4 is 15.9 Å². The van der Waals surface area contributed by atoms with Crippen molar-refractivity contribution in [2.24, 2.45) is 5.11 Å². The molecule has 0 saturated carbocycles. The van der Waals surface area contributed by atoms with E-state index in [1.54, 1.807) is 10.0 Å². The molecule has 0 bridgehead atoms. The van der Waals surface area contributed by atoms with Gasteiger partial charge in [0.1, 0.15) is 5.75 Å². The van der Waals surface area contributed by atoms with E-state index in [0.29, 0.717) is 4.47 Å². The molecule has 1 aromatic rings. The summed E-state index contributed by atoms with van der Waals surface area (Å²) in [5.41, 5.74) is 7.75. The summed E-state index contributed by atoms with van der Waals surface area (Å²) in [6, 6.07) is -0.183. The normalized spacial score (nSPS) is 11.8. The first kappa shape index (κ1) is 13.6. The Morgan fingerprint density at radius 1 is 1.18 bits per heavy atom. The van der Waals surface area contributed by atoms with Crippen LogP contribution >= 0.6 is 15.9 Å². The number of hydrogen-bond acceptors (Lipinski definition) is 2. The molecule has 0 aliphatic rings. The molecular weight excluding hydrogens is 310 g/mol. The van der Waals surface area contributed by atoms with Crippen LogP contribution in [-0.2, 0) is 0 Å². The van der Waals surface area contributed by atoms with E-state index in [0.717, 1.165) is 12.1 Å². The van der Waals surface area contributed by atoms with E-state index in [9.17, 15) is 17.6 Å². The summed E-state index contributed by atoms with van der Waals surface area (Å²) >= 11 is 3.03. The van der Waals surface area contributed by atoms with Crippen LogP contribution in [0.15, 0.2) is 33.9 Å². The number of ether oxygens (including phenoxy) is 1. The van der Waals surface area contributed by atoms with E-state index < -0.39 is 17.9 Å². The molecular formula is C8H4BrF4N3O. The average Bonchev–Trinajstić information content (AvgIpc) is 2.21. The molecule has 0 fully saturated rings. The maximum Gasteiger partial charge on any atom is 0.470 e. The topological polar surface area (TPSA) is 58.0 Å². The van der Waals surface area contributed by atoms with E-state index in [1.165, 1.54) is 12.1 Å². The molecule has 1 rings (SSSR count). The first-order valence-corrected chi connectivity index (χ1v) is 4.84. The number of nitrogens with zero attached hydrogens (tertiary/aromatic N) is 3. The second-order valence-electron chi connectivity index (χ2n) is 2.80. The predicted molar refractivity (Wildman–Crippen MR) is 53.8 cm³/mol. The molecule has 0 heterocycles. The minimum atomic E-state index is -4.96. The van der Waals surface area contributed by atoms with E-state index in [4.69, 9.17) is 5.53 Å².